The van der Waals surface area contributed by atoms with Gasteiger partial charge in [0.2, 0.25) is 0 Å². The molecule has 2 aromatic heterocycles. The monoisotopic (exact) mass is 365 g/mol. The SMILES string of the molecule is Cn1ccnc1C(Nc1ccc(F)cc1Br)c1cccs1. The Balaban J connectivity index is 1.99. The number of imidazole rings is 1. The molecule has 0 aliphatic carbocycles. The maximum Gasteiger partial charge on any atom is 0.136 e. The third kappa shape index (κ3) is 3.01. The molecule has 3 nitrogen and oxygen atoms in total. The smallest absolute Gasteiger partial charge is 0.136 e. The predicted molar refractivity (Wildman–Crippen MR) is 87.1 cm³/mol. The number of halogens is 2. The Kier molecular flexibility index (Phi) is 4.07. The molecule has 3 rings (SSSR count). The number of hydrogen-bond acceptors (Lipinski definition) is 3. The summed E-state index contributed by atoms with van der Waals surface area (Å²) < 4.78 is 15.9. The van der Waals surface area contributed by atoms with E-state index in [-0.39, 0.29) is 11.9 Å². The summed E-state index contributed by atoms with van der Waals surface area (Å²) in [5.41, 5.74) is 0.831. The first kappa shape index (κ1) is 14.3. The van der Waals surface area contributed by atoms with Gasteiger partial charge in [-0.05, 0) is 45.6 Å². The van der Waals surface area contributed by atoms with E-state index in [4.69, 9.17) is 0 Å². The van der Waals surface area contributed by atoms with Crippen molar-refractivity contribution in [2.24, 2.45) is 7.05 Å². The third-order valence-corrected chi connectivity index (χ3v) is 4.77. The molecule has 3 aromatic rings. The second kappa shape index (κ2) is 5.99. The van der Waals surface area contributed by atoms with E-state index in [1.807, 2.05) is 29.3 Å². The molecule has 21 heavy (non-hydrogen) atoms. The molecule has 1 atom stereocenters. The summed E-state index contributed by atoms with van der Waals surface area (Å²) in [6.45, 7) is 0. The van der Waals surface area contributed by atoms with Crippen LogP contribution in [0.1, 0.15) is 16.7 Å². The minimum absolute atomic E-state index is 0.0771. The topological polar surface area (TPSA) is 29.9 Å². The van der Waals surface area contributed by atoms with Crippen LogP contribution in [-0.4, -0.2) is 9.55 Å². The second-order valence-corrected chi connectivity index (χ2v) is 6.45. The van der Waals surface area contributed by atoms with Crippen molar-refractivity contribution in [2.75, 3.05) is 5.32 Å². The van der Waals surface area contributed by atoms with Gasteiger partial charge in [-0.2, -0.15) is 0 Å². The molecular weight excluding hydrogens is 353 g/mol. The van der Waals surface area contributed by atoms with Crippen molar-refractivity contribution in [1.29, 1.82) is 0 Å². The van der Waals surface area contributed by atoms with Gasteiger partial charge in [-0.25, -0.2) is 9.37 Å². The van der Waals surface area contributed by atoms with Crippen LogP contribution < -0.4 is 5.32 Å². The van der Waals surface area contributed by atoms with Gasteiger partial charge in [0.15, 0.2) is 0 Å². The zero-order valence-corrected chi connectivity index (χ0v) is 13.7. The fourth-order valence-corrected chi connectivity index (χ4v) is 3.37. The first-order valence-corrected chi connectivity index (χ1v) is 8.04. The highest BCUT2D eigenvalue weighted by atomic mass is 79.9. The largest absolute Gasteiger partial charge is 0.370 e. The summed E-state index contributed by atoms with van der Waals surface area (Å²) in [6.07, 6.45) is 3.69. The van der Waals surface area contributed by atoms with Crippen LogP contribution in [0.2, 0.25) is 0 Å². The highest BCUT2D eigenvalue weighted by molar-refractivity contribution is 9.10. The van der Waals surface area contributed by atoms with Gasteiger partial charge in [-0.1, -0.05) is 6.07 Å². The van der Waals surface area contributed by atoms with E-state index in [1.165, 1.54) is 12.1 Å². The van der Waals surface area contributed by atoms with Gasteiger partial charge >= 0.3 is 0 Å². The van der Waals surface area contributed by atoms with Crippen LogP contribution in [0, 0.1) is 5.82 Å². The second-order valence-electron chi connectivity index (χ2n) is 4.61. The minimum Gasteiger partial charge on any atom is -0.370 e. The van der Waals surface area contributed by atoms with E-state index in [1.54, 1.807) is 23.6 Å². The summed E-state index contributed by atoms with van der Waals surface area (Å²) >= 11 is 5.06. The van der Waals surface area contributed by atoms with Crippen molar-refractivity contribution >= 4 is 33.0 Å². The van der Waals surface area contributed by atoms with Crippen LogP contribution >= 0.6 is 27.3 Å². The lowest BCUT2D eigenvalue weighted by Crippen LogP contribution is -2.16. The molecule has 0 amide bonds. The number of aryl methyl sites for hydroxylation is 1. The Morgan fingerprint density at radius 1 is 1.38 bits per heavy atom. The van der Waals surface area contributed by atoms with E-state index in [0.29, 0.717) is 4.47 Å². The van der Waals surface area contributed by atoms with Gasteiger partial charge in [0, 0.05) is 34.5 Å². The zero-order chi connectivity index (χ0) is 14.8. The van der Waals surface area contributed by atoms with Gasteiger partial charge in [0.05, 0.1) is 0 Å². The van der Waals surface area contributed by atoms with Crippen LogP contribution in [0.25, 0.3) is 0 Å². The van der Waals surface area contributed by atoms with Gasteiger partial charge in [-0.15, -0.1) is 11.3 Å². The molecule has 0 spiro atoms. The van der Waals surface area contributed by atoms with Gasteiger partial charge < -0.3 is 9.88 Å². The molecule has 0 aliphatic heterocycles. The van der Waals surface area contributed by atoms with E-state index in [0.717, 1.165) is 16.4 Å². The summed E-state index contributed by atoms with van der Waals surface area (Å²) in [5.74, 6) is 0.644. The fourth-order valence-electron chi connectivity index (χ4n) is 2.14. The molecule has 1 unspecified atom stereocenters. The highest BCUT2D eigenvalue weighted by Crippen LogP contribution is 2.32. The van der Waals surface area contributed by atoms with Crippen molar-refractivity contribution in [2.45, 2.75) is 6.04 Å². The van der Waals surface area contributed by atoms with Crippen molar-refractivity contribution in [3.8, 4) is 0 Å². The van der Waals surface area contributed by atoms with Crippen molar-refractivity contribution in [3.63, 3.8) is 0 Å². The predicted octanol–water partition coefficient (Wildman–Crippen LogP) is 4.58. The number of nitrogens with zero attached hydrogens (tertiary/aromatic N) is 2. The number of aromatic nitrogens is 2. The summed E-state index contributed by atoms with van der Waals surface area (Å²) in [5, 5.41) is 5.47. The van der Waals surface area contributed by atoms with Gasteiger partial charge in [0.25, 0.3) is 0 Å². The van der Waals surface area contributed by atoms with E-state index in [2.05, 4.69) is 32.3 Å². The molecule has 1 N–H and O–H groups in total. The van der Waals surface area contributed by atoms with Crippen LogP contribution in [0.4, 0.5) is 10.1 Å². The number of hydrogen-bond donors (Lipinski definition) is 1. The molecule has 0 saturated carbocycles. The van der Waals surface area contributed by atoms with Crippen LogP contribution in [-0.2, 0) is 7.05 Å². The average molecular weight is 366 g/mol. The average Bonchev–Trinajstić information content (AvgIpc) is 3.10. The standard InChI is InChI=1S/C15H13BrFN3S/c1-20-7-6-18-15(20)14(13-3-2-8-21-13)19-12-5-4-10(17)9-11(12)16/h2-9,14,19H,1H3. The molecule has 0 bridgehead atoms. The van der Waals surface area contributed by atoms with E-state index < -0.39 is 0 Å². The Labute approximate surface area is 134 Å². The molecular formula is C15H13BrFN3S. The first-order chi connectivity index (χ1) is 10.1. The van der Waals surface area contributed by atoms with Gasteiger partial charge in [0.1, 0.15) is 17.7 Å². The first-order valence-electron chi connectivity index (χ1n) is 6.37. The lowest BCUT2D eigenvalue weighted by molar-refractivity contribution is 0.627. The number of rotatable bonds is 4. The highest BCUT2D eigenvalue weighted by Gasteiger charge is 2.20. The number of thiophene rings is 1. The lowest BCUT2D eigenvalue weighted by Gasteiger charge is -2.19. The third-order valence-electron chi connectivity index (χ3n) is 3.18. The van der Waals surface area contributed by atoms with Crippen molar-refractivity contribution in [3.05, 3.63) is 69.1 Å². The molecule has 0 saturated heterocycles. The Bertz CT molecular complexity index is 739. The molecule has 1 aromatic carbocycles. The molecule has 0 radical (unpaired) electrons. The summed E-state index contributed by atoms with van der Waals surface area (Å²) in [7, 11) is 1.96. The van der Waals surface area contributed by atoms with E-state index in [9.17, 15) is 4.39 Å². The normalized spacial score (nSPS) is 12.3. The van der Waals surface area contributed by atoms with Crippen molar-refractivity contribution in [1.82, 2.24) is 9.55 Å². The Hall–Kier alpha value is -1.66. The molecule has 0 aliphatic rings. The Morgan fingerprint density at radius 3 is 2.86 bits per heavy atom. The molecule has 108 valence electrons. The molecule has 2 heterocycles. The number of benzene rings is 1. The molecule has 0 fully saturated rings. The zero-order valence-electron chi connectivity index (χ0n) is 11.3. The lowest BCUT2D eigenvalue weighted by atomic mass is 10.2. The van der Waals surface area contributed by atoms with Gasteiger partial charge in [-0.3, -0.25) is 0 Å². The van der Waals surface area contributed by atoms with Crippen molar-refractivity contribution < 1.29 is 4.39 Å². The molecule has 6 heteroatoms. The summed E-state index contributed by atoms with van der Waals surface area (Å²) in [6, 6.07) is 8.62. The Morgan fingerprint density at radius 2 is 2.24 bits per heavy atom. The number of anilines is 1. The maximum atomic E-state index is 13.2. The summed E-state index contributed by atoms with van der Waals surface area (Å²) in [4.78, 5) is 5.59. The maximum absolute atomic E-state index is 13.2. The number of nitrogens with one attached hydrogen (secondary N) is 1. The van der Waals surface area contributed by atoms with Crippen LogP contribution in [0.15, 0.2) is 52.6 Å². The van der Waals surface area contributed by atoms with E-state index >= 15 is 0 Å². The quantitative estimate of drug-likeness (QED) is 0.732. The fraction of sp³-hybridized carbons (Fsp3) is 0.133. The minimum atomic E-state index is -0.267. The van der Waals surface area contributed by atoms with Crippen LogP contribution in [0.5, 0.6) is 0 Å². The van der Waals surface area contributed by atoms with Crippen LogP contribution in [0.3, 0.4) is 0 Å².